The second kappa shape index (κ2) is 10.3. The van der Waals surface area contributed by atoms with E-state index >= 15 is 0 Å². The van der Waals surface area contributed by atoms with Gasteiger partial charge in [-0.25, -0.2) is 8.42 Å². The van der Waals surface area contributed by atoms with Gasteiger partial charge in [0.2, 0.25) is 5.91 Å². The molecule has 0 fully saturated rings. The first-order valence-corrected chi connectivity index (χ1v) is 11.0. The van der Waals surface area contributed by atoms with Gasteiger partial charge in [-0.2, -0.15) is 0 Å². The zero-order valence-corrected chi connectivity index (χ0v) is 17.5. The summed E-state index contributed by atoms with van der Waals surface area (Å²) in [5.74, 6) is 0.165. The minimum Gasteiger partial charge on any atom is -0.490 e. The average Bonchev–Trinajstić information content (AvgIpc) is 2.64. The molecule has 0 bridgehead atoms. The van der Waals surface area contributed by atoms with E-state index in [1.807, 2.05) is 32.0 Å². The van der Waals surface area contributed by atoms with Crippen molar-refractivity contribution in [2.24, 2.45) is 0 Å². The maximum absolute atomic E-state index is 12.3. The van der Waals surface area contributed by atoms with Crippen molar-refractivity contribution >= 4 is 27.3 Å². The van der Waals surface area contributed by atoms with Gasteiger partial charge >= 0.3 is 0 Å². The Bertz CT molecular complexity index is 897. The van der Waals surface area contributed by atoms with Crippen molar-refractivity contribution in [1.82, 2.24) is 5.32 Å². The van der Waals surface area contributed by atoms with Gasteiger partial charge in [0.1, 0.15) is 5.75 Å². The number of hydrogen-bond acceptors (Lipinski definition) is 5. The molecule has 0 aromatic heterocycles. The summed E-state index contributed by atoms with van der Waals surface area (Å²) < 4.78 is 35.6. The van der Waals surface area contributed by atoms with Crippen LogP contribution in [0.5, 0.6) is 11.5 Å². The van der Waals surface area contributed by atoms with Gasteiger partial charge in [-0.1, -0.05) is 17.7 Å². The summed E-state index contributed by atoms with van der Waals surface area (Å²) in [6.07, 6.45) is 0.541. The van der Waals surface area contributed by atoms with Crippen LogP contribution in [0, 0.1) is 0 Å². The van der Waals surface area contributed by atoms with Crippen LogP contribution in [0.1, 0.15) is 19.4 Å². The number of hydrogen-bond donors (Lipinski definition) is 1. The third kappa shape index (κ3) is 6.42. The third-order valence-electron chi connectivity index (χ3n) is 3.84. The predicted octanol–water partition coefficient (Wildman–Crippen LogP) is 3.27. The number of ether oxygens (including phenoxy) is 2. The van der Waals surface area contributed by atoms with E-state index in [9.17, 15) is 13.2 Å². The maximum atomic E-state index is 12.3. The monoisotopic (exact) mass is 425 g/mol. The summed E-state index contributed by atoms with van der Waals surface area (Å²) >= 11 is 5.76. The van der Waals surface area contributed by atoms with Gasteiger partial charge in [0.05, 0.1) is 18.1 Å². The van der Waals surface area contributed by atoms with Crippen LogP contribution in [0.25, 0.3) is 0 Å². The highest BCUT2D eigenvalue weighted by Crippen LogP contribution is 2.28. The van der Waals surface area contributed by atoms with Crippen LogP contribution in [0.15, 0.2) is 47.4 Å². The first-order valence-electron chi connectivity index (χ1n) is 8.99. The Labute approximate surface area is 170 Å². The molecule has 0 atom stereocenters. The molecular weight excluding hydrogens is 402 g/mol. The molecule has 2 aromatic rings. The molecule has 0 spiro atoms. The lowest BCUT2D eigenvalue weighted by atomic mass is 10.1. The van der Waals surface area contributed by atoms with Crippen LogP contribution >= 0.6 is 11.6 Å². The van der Waals surface area contributed by atoms with Gasteiger partial charge < -0.3 is 14.8 Å². The Morgan fingerprint density at radius 3 is 2.29 bits per heavy atom. The first kappa shape index (κ1) is 22.0. The van der Waals surface area contributed by atoms with Crippen LogP contribution in [-0.2, 0) is 21.1 Å². The summed E-state index contributed by atoms with van der Waals surface area (Å²) in [6, 6.07) is 11.3. The van der Waals surface area contributed by atoms with E-state index in [4.69, 9.17) is 21.1 Å². The molecule has 0 saturated heterocycles. The van der Waals surface area contributed by atoms with E-state index in [0.717, 1.165) is 5.56 Å². The first-order chi connectivity index (χ1) is 13.4. The van der Waals surface area contributed by atoms with E-state index in [2.05, 4.69) is 5.32 Å². The standard InChI is InChI=1S/C20H24ClNO5S/c1-3-26-18-10-5-15(13-19(18)27-4-2)11-12-22-20(23)14-28(24,25)17-8-6-16(21)7-9-17/h5-10,13H,3-4,11-12,14H2,1-2H3,(H,22,23). The molecule has 28 heavy (non-hydrogen) atoms. The van der Waals surface area contributed by atoms with Crippen molar-refractivity contribution in [2.75, 3.05) is 25.5 Å². The zero-order chi connectivity index (χ0) is 20.6. The molecule has 0 aliphatic rings. The van der Waals surface area contributed by atoms with Gasteiger partial charge in [0, 0.05) is 11.6 Å². The lowest BCUT2D eigenvalue weighted by molar-refractivity contribution is -0.118. The minimum atomic E-state index is -3.70. The number of sulfone groups is 1. The van der Waals surface area contributed by atoms with Gasteiger partial charge in [-0.05, 0) is 62.2 Å². The summed E-state index contributed by atoms with van der Waals surface area (Å²) in [7, 11) is -3.70. The molecule has 0 aliphatic carbocycles. The molecule has 1 amide bonds. The minimum absolute atomic E-state index is 0.0694. The third-order valence-corrected chi connectivity index (χ3v) is 5.72. The van der Waals surface area contributed by atoms with E-state index < -0.39 is 21.5 Å². The smallest absolute Gasteiger partial charge is 0.235 e. The van der Waals surface area contributed by atoms with Crippen LogP contribution in [0.3, 0.4) is 0 Å². The van der Waals surface area contributed by atoms with E-state index in [1.165, 1.54) is 24.3 Å². The zero-order valence-electron chi connectivity index (χ0n) is 15.9. The quantitative estimate of drug-likeness (QED) is 0.631. The van der Waals surface area contributed by atoms with Crippen LogP contribution in [0.4, 0.5) is 0 Å². The summed E-state index contributed by atoms with van der Waals surface area (Å²) in [4.78, 5) is 12.1. The molecule has 0 aliphatic heterocycles. The van der Waals surface area contributed by atoms with Gasteiger partial charge in [-0.15, -0.1) is 0 Å². The fraction of sp³-hybridized carbons (Fsp3) is 0.350. The van der Waals surface area contributed by atoms with Crippen LogP contribution in [0.2, 0.25) is 5.02 Å². The molecule has 2 aromatic carbocycles. The number of halogens is 1. The lowest BCUT2D eigenvalue weighted by Crippen LogP contribution is -2.31. The Morgan fingerprint density at radius 1 is 1.00 bits per heavy atom. The Morgan fingerprint density at radius 2 is 1.64 bits per heavy atom. The maximum Gasteiger partial charge on any atom is 0.235 e. The van der Waals surface area contributed by atoms with Gasteiger partial charge in [-0.3, -0.25) is 4.79 Å². The second-order valence-corrected chi connectivity index (χ2v) is 8.39. The molecule has 0 radical (unpaired) electrons. The van der Waals surface area contributed by atoms with Crippen LogP contribution < -0.4 is 14.8 Å². The molecule has 6 nitrogen and oxygen atoms in total. The van der Waals surface area contributed by atoms with Crippen molar-refractivity contribution in [3.8, 4) is 11.5 Å². The van der Waals surface area contributed by atoms with Crippen molar-refractivity contribution in [3.63, 3.8) is 0 Å². The fourth-order valence-electron chi connectivity index (χ4n) is 2.55. The van der Waals surface area contributed by atoms with Crippen molar-refractivity contribution in [3.05, 3.63) is 53.1 Å². The lowest BCUT2D eigenvalue weighted by Gasteiger charge is -2.12. The topological polar surface area (TPSA) is 81.7 Å². The van der Waals surface area contributed by atoms with E-state index in [0.29, 0.717) is 42.7 Å². The van der Waals surface area contributed by atoms with Crippen molar-refractivity contribution in [1.29, 1.82) is 0 Å². The number of nitrogens with one attached hydrogen (secondary N) is 1. The number of benzene rings is 2. The summed E-state index contributed by atoms with van der Waals surface area (Å²) in [6.45, 7) is 5.16. The highest BCUT2D eigenvalue weighted by Gasteiger charge is 2.19. The summed E-state index contributed by atoms with van der Waals surface area (Å²) in [5.41, 5.74) is 0.952. The Kier molecular flexibility index (Phi) is 8.14. The van der Waals surface area contributed by atoms with Crippen LogP contribution in [-0.4, -0.2) is 39.8 Å². The highest BCUT2D eigenvalue weighted by molar-refractivity contribution is 7.92. The molecule has 0 heterocycles. The molecule has 0 unspecified atom stereocenters. The highest BCUT2D eigenvalue weighted by atomic mass is 35.5. The Balaban J connectivity index is 1.91. The molecule has 0 saturated carbocycles. The fourth-order valence-corrected chi connectivity index (χ4v) is 3.84. The van der Waals surface area contributed by atoms with Crippen molar-refractivity contribution in [2.45, 2.75) is 25.2 Å². The second-order valence-electron chi connectivity index (χ2n) is 5.96. The predicted molar refractivity (Wildman–Crippen MR) is 109 cm³/mol. The largest absolute Gasteiger partial charge is 0.490 e. The SMILES string of the molecule is CCOc1ccc(CCNC(=O)CS(=O)(=O)c2ccc(Cl)cc2)cc1OCC. The van der Waals surface area contributed by atoms with Gasteiger partial charge in [0.25, 0.3) is 0 Å². The molecule has 8 heteroatoms. The number of carbonyl (C=O) groups is 1. The number of carbonyl (C=O) groups excluding carboxylic acids is 1. The van der Waals surface area contributed by atoms with E-state index in [-0.39, 0.29) is 4.90 Å². The number of amides is 1. The number of rotatable bonds is 10. The van der Waals surface area contributed by atoms with Gasteiger partial charge in [0.15, 0.2) is 21.3 Å². The molecule has 1 N–H and O–H groups in total. The molecule has 2 rings (SSSR count). The summed E-state index contributed by atoms with van der Waals surface area (Å²) in [5, 5.41) is 3.08. The van der Waals surface area contributed by atoms with E-state index in [1.54, 1.807) is 0 Å². The normalized spacial score (nSPS) is 11.1. The molecular formula is C20H24ClNO5S. The van der Waals surface area contributed by atoms with Crippen molar-refractivity contribution < 1.29 is 22.7 Å². The molecule has 152 valence electrons. The Hall–Kier alpha value is -2.25. The average molecular weight is 426 g/mol.